The normalized spacial score (nSPS) is 14.6. The third-order valence-corrected chi connectivity index (χ3v) is 5.38. The molecule has 7 heteroatoms. The summed E-state index contributed by atoms with van der Waals surface area (Å²) in [5.74, 6) is 0.0950. The molecular formula is C22H25N5O2. The van der Waals surface area contributed by atoms with Gasteiger partial charge in [-0.05, 0) is 5.92 Å². The van der Waals surface area contributed by atoms with E-state index in [0.717, 1.165) is 22.6 Å². The smallest absolute Gasteiger partial charge is 0.257 e. The lowest BCUT2D eigenvalue weighted by Gasteiger charge is -2.34. The summed E-state index contributed by atoms with van der Waals surface area (Å²) < 4.78 is 1.80. The highest BCUT2D eigenvalue weighted by Gasteiger charge is 2.27. The first-order chi connectivity index (χ1) is 14.0. The van der Waals surface area contributed by atoms with Gasteiger partial charge in [0.05, 0.1) is 17.0 Å². The first-order valence-electron chi connectivity index (χ1n) is 9.94. The van der Waals surface area contributed by atoms with E-state index in [2.05, 4.69) is 18.8 Å². The molecule has 0 atom stereocenters. The molecule has 0 bridgehead atoms. The fourth-order valence-corrected chi connectivity index (χ4v) is 3.82. The molecule has 2 aromatic heterocycles. The molecule has 1 saturated heterocycles. The Morgan fingerprint density at radius 2 is 1.66 bits per heavy atom. The summed E-state index contributed by atoms with van der Waals surface area (Å²) in [5, 5.41) is 4.76. The van der Waals surface area contributed by atoms with Gasteiger partial charge in [0.2, 0.25) is 5.91 Å². The molecule has 150 valence electrons. The molecule has 0 saturated carbocycles. The van der Waals surface area contributed by atoms with Crippen molar-refractivity contribution in [3.8, 4) is 11.3 Å². The molecule has 3 heterocycles. The van der Waals surface area contributed by atoms with E-state index >= 15 is 0 Å². The van der Waals surface area contributed by atoms with Crippen LogP contribution in [0, 0.1) is 0 Å². The minimum absolute atomic E-state index is 0.0491. The highest BCUT2D eigenvalue weighted by molar-refractivity contribution is 5.95. The van der Waals surface area contributed by atoms with Gasteiger partial charge in [-0.25, -0.2) is 9.50 Å². The monoisotopic (exact) mass is 391 g/mol. The Morgan fingerprint density at radius 3 is 2.28 bits per heavy atom. The lowest BCUT2D eigenvalue weighted by Crippen LogP contribution is -2.50. The summed E-state index contributed by atoms with van der Waals surface area (Å²) in [7, 11) is 0. The lowest BCUT2D eigenvalue weighted by atomic mass is 10.0. The fourth-order valence-electron chi connectivity index (χ4n) is 3.82. The number of hydrogen-bond acceptors (Lipinski definition) is 4. The summed E-state index contributed by atoms with van der Waals surface area (Å²) in [6.45, 7) is 7.87. The van der Waals surface area contributed by atoms with E-state index in [1.807, 2.05) is 36.4 Å². The molecule has 0 spiro atoms. The summed E-state index contributed by atoms with van der Waals surface area (Å²) in [4.78, 5) is 32.9. The Kier molecular flexibility index (Phi) is 5.05. The Balaban J connectivity index is 1.70. The Hall–Kier alpha value is -3.22. The maximum atomic E-state index is 13.3. The first-order valence-corrected chi connectivity index (χ1v) is 9.94. The summed E-state index contributed by atoms with van der Waals surface area (Å²) >= 11 is 0. The van der Waals surface area contributed by atoms with Crippen LogP contribution in [0.4, 0.5) is 0 Å². The number of hydrogen-bond donors (Lipinski definition) is 0. The Bertz CT molecular complexity index is 1050. The second kappa shape index (κ2) is 7.66. The van der Waals surface area contributed by atoms with Crippen molar-refractivity contribution >= 4 is 17.5 Å². The van der Waals surface area contributed by atoms with Gasteiger partial charge in [-0.15, -0.1) is 0 Å². The number of piperazine rings is 1. The van der Waals surface area contributed by atoms with Crippen molar-refractivity contribution < 1.29 is 9.59 Å². The SMILES string of the molecule is CC(=O)N1CCN(C(=O)c2cnc3cc(-c4ccccc4)nn3c2C(C)C)CC1. The van der Waals surface area contributed by atoms with E-state index < -0.39 is 0 Å². The topological polar surface area (TPSA) is 70.8 Å². The van der Waals surface area contributed by atoms with E-state index in [-0.39, 0.29) is 17.7 Å². The van der Waals surface area contributed by atoms with Crippen LogP contribution in [-0.4, -0.2) is 62.4 Å². The molecule has 0 unspecified atom stereocenters. The maximum Gasteiger partial charge on any atom is 0.257 e. The number of carbonyl (C=O) groups is 2. The molecule has 3 aromatic rings. The number of rotatable bonds is 3. The fraction of sp³-hybridized carbons (Fsp3) is 0.364. The van der Waals surface area contributed by atoms with Crippen molar-refractivity contribution in [1.82, 2.24) is 24.4 Å². The van der Waals surface area contributed by atoms with Gasteiger partial charge in [0.15, 0.2) is 5.65 Å². The molecule has 7 nitrogen and oxygen atoms in total. The quantitative estimate of drug-likeness (QED) is 0.688. The number of fused-ring (bicyclic) bond motifs is 1. The van der Waals surface area contributed by atoms with Gasteiger partial charge in [0.25, 0.3) is 5.91 Å². The van der Waals surface area contributed by atoms with Crippen molar-refractivity contribution in [2.24, 2.45) is 0 Å². The van der Waals surface area contributed by atoms with Crippen molar-refractivity contribution in [3.63, 3.8) is 0 Å². The minimum Gasteiger partial charge on any atom is -0.339 e. The highest BCUT2D eigenvalue weighted by Crippen LogP contribution is 2.25. The van der Waals surface area contributed by atoms with Crippen molar-refractivity contribution in [2.75, 3.05) is 26.2 Å². The number of nitrogens with zero attached hydrogens (tertiary/aromatic N) is 5. The Labute approximate surface area is 170 Å². The molecule has 0 N–H and O–H groups in total. The molecule has 1 aromatic carbocycles. The van der Waals surface area contributed by atoms with Crippen molar-refractivity contribution in [3.05, 3.63) is 53.9 Å². The van der Waals surface area contributed by atoms with Gasteiger partial charge in [-0.3, -0.25) is 9.59 Å². The molecule has 1 aliphatic rings. The molecule has 0 aliphatic carbocycles. The van der Waals surface area contributed by atoms with Gasteiger partial charge in [0, 0.05) is 50.9 Å². The van der Waals surface area contributed by atoms with Crippen LogP contribution in [0.15, 0.2) is 42.6 Å². The number of carbonyl (C=O) groups excluding carboxylic acids is 2. The molecule has 29 heavy (non-hydrogen) atoms. The minimum atomic E-state index is -0.0527. The number of benzene rings is 1. The first kappa shape index (κ1) is 19.1. The average Bonchev–Trinajstić information content (AvgIpc) is 3.17. The van der Waals surface area contributed by atoms with E-state index in [9.17, 15) is 9.59 Å². The Morgan fingerprint density at radius 1 is 1.00 bits per heavy atom. The molecule has 4 rings (SSSR count). The van der Waals surface area contributed by atoms with Crippen LogP contribution in [-0.2, 0) is 4.79 Å². The zero-order valence-corrected chi connectivity index (χ0v) is 17.0. The maximum absolute atomic E-state index is 13.3. The third kappa shape index (κ3) is 3.60. The molecule has 1 aliphatic heterocycles. The average molecular weight is 391 g/mol. The molecule has 2 amide bonds. The molecular weight excluding hydrogens is 366 g/mol. The summed E-state index contributed by atoms with van der Waals surface area (Å²) in [6.07, 6.45) is 1.67. The van der Waals surface area contributed by atoms with Gasteiger partial charge >= 0.3 is 0 Å². The largest absolute Gasteiger partial charge is 0.339 e. The molecule has 1 fully saturated rings. The zero-order chi connectivity index (χ0) is 20.5. The summed E-state index contributed by atoms with van der Waals surface area (Å²) in [5.41, 5.74) is 4.01. The van der Waals surface area contributed by atoms with Gasteiger partial charge in [-0.2, -0.15) is 5.10 Å². The highest BCUT2D eigenvalue weighted by atomic mass is 16.2. The predicted octanol–water partition coefficient (Wildman–Crippen LogP) is 2.82. The second-order valence-corrected chi connectivity index (χ2v) is 7.68. The second-order valence-electron chi connectivity index (χ2n) is 7.68. The van der Waals surface area contributed by atoms with Crippen molar-refractivity contribution in [2.45, 2.75) is 26.7 Å². The third-order valence-electron chi connectivity index (χ3n) is 5.38. The van der Waals surface area contributed by atoms with Crippen molar-refractivity contribution in [1.29, 1.82) is 0 Å². The van der Waals surface area contributed by atoms with Crippen LogP contribution in [0.25, 0.3) is 16.9 Å². The number of amides is 2. The van der Waals surface area contributed by atoms with E-state index in [0.29, 0.717) is 31.7 Å². The van der Waals surface area contributed by atoms with E-state index in [4.69, 9.17) is 5.10 Å². The zero-order valence-electron chi connectivity index (χ0n) is 17.0. The van der Waals surface area contributed by atoms with Crippen LogP contribution < -0.4 is 0 Å². The standard InChI is InChI=1S/C22H25N5O2/c1-15(2)21-18(22(29)26-11-9-25(10-12-26)16(3)28)14-23-20-13-19(24-27(20)21)17-7-5-4-6-8-17/h4-8,13-15H,9-12H2,1-3H3. The van der Waals surface area contributed by atoms with Crippen LogP contribution in [0.1, 0.15) is 42.7 Å². The van der Waals surface area contributed by atoms with Crippen LogP contribution in [0.3, 0.4) is 0 Å². The van der Waals surface area contributed by atoms with Gasteiger partial charge < -0.3 is 9.80 Å². The molecule has 0 radical (unpaired) electrons. The van der Waals surface area contributed by atoms with Crippen LogP contribution >= 0.6 is 0 Å². The number of aromatic nitrogens is 3. The van der Waals surface area contributed by atoms with Gasteiger partial charge in [-0.1, -0.05) is 44.2 Å². The predicted molar refractivity (Wildman–Crippen MR) is 111 cm³/mol. The summed E-state index contributed by atoms with van der Waals surface area (Å²) in [6, 6.07) is 11.9. The van der Waals surface area contributed by atoms with Crippen LogP contribution in [0.2, 0.25) is 0 Å². The van der Waals surface area contributed by atoms with E-state index in [1.165, 1.54) is 0 Å². The van der Waals surface area contributed by atoms with Crippen LogP contribution in [0.5, 0.6) is 0 Å². The van der Waals surface area contributed by atoms with Gasteiger partial charge in [0.1, 0.15) is 0 Å². The lowest BCUT2D eigenvalue weighted by molar-refractivity contribution is -0.130. The van der Waals surface area contributed by atoms with E-state index in [1.54, 1.807) is 27.4 Å².